The summed E-state index contributed by atoms with van der Waals surface area (Å²) in [6.07, 6.45) is 9.70. The maximum atomic E-state index is 12.0. The Morgan fingerprint density at radius 3 is 2.42 bits per heavy atom. The number of carbonyl (C=O) groups is 1. The Morgan fingerprint density at radius 2 is 1.95 bits per heavy atom. The van der Waals surface area contributed by atoms with Crippen molar-refractivity contribution in [3.05, 3.63) is 0 Å². The molecule has 2 aliphatic rings. The average molecular weight is 263 g/mol. The van der Waals surface area contributed by atoms with Gasteiger partial charge in [0.05, 0.1) is 12.5 Å². The maximum absolute atomic E-state index is 12.0. The lowest BCUT2D eigenvalue weighted by atomic mass is 9.57. The monoisotopic (exact) mass is 263 g/mol. The van der Waals surface area contributed by atoms with Gasteiger partial charge in [-0.2, -0.15) is 0 Å². The van der Waals surface area contributed by atoms with E-state index in [-0.39, 0.29) is 17.5 Å². The second-order valence-electron chi connectivity index (χ2n) is 7.12. The van der Waals surface area contributed by atoms with E-state index in [1.54, 1.807) is 0 Å². The van der Waals surface area contributed by atoms with Crippen molar-refractivity contribution >= 4 is 5.97 Å². The minimum absolute atomic E-state index is 0.0100. The minimum Gasteiger partial charge on any atom is -0.460 e. The van der Waals surface area contributed by atoms with E-state index in [4.69, 9.17) is 11.2 Å². The van der Waals surface area contributed by atoms with E-state index in [2.05, 4.69) is 10.8 Å². The number of likely N-dealkylation sites (tertiary alicyclic amines) is 1. The van der Waals surface area contributed by atoms with E-state index in [0.717, 1.165) is 32.5 Å². The fourth-order valence-electron chi connectivity index (χ4n) is 3.26. The third-order valence-electron chi connectivity index (χ3n) is 4.33. The number of hydrogen-bond donors (Lipinski definition) is 0. The first kappa shape index (κ1) is 14.4. The summed E-state index contributed by atoms with van der Waals surface area (Å²) in [5.74, 6) is 2.82. The summed E-state index contributed by atoms with van der Waals surface area (Å²) >= 11 is 0. The van der Waals surface area contributed by atoms with Crippen LogP contribution in [0.5, 0.6) is 0 Å². The van der Waals surface area contributed by atoms with Gasteiger partial charge in [0, 0.05) is 0 Å². The molecule has 1 aliphatic heterocycles. The molecular weight excluding hydrogens is 238 g/mol. The molecule has 0 aromatic carbocycles. The zero-order valence-electron chi connectivity index (χ0n) is 12.4. The first-order valence-electron chi connectivity index (χ1n) is 7.22. The van der Waals surface area contributed by atoms with Crippen molar-refractivity contribution in [1.29, 1.82) is 0 Å². The van der Waals surface area contributed by atoms with Crippen LogP contribution in [0.15, 0.2) is 0 Å². The lowest BCUT2D eigenvalue weighted by Gasteiger charge is -2.51. The van der Waals surface area contributed by atoms with Crippen LogP contribution in [0.2, 0.25) is 0 Å². The molecule has 1 heterocycles. The molecule has 0 aromatic rings. The Bertz CT molecular complexity index is 373. The van der Waals surface area contributed by atoms with Gasteiger partial charge in [-0.15, -0.1) is 6.42 Å². The van der Waals surface area contributed by atoms with Gasteiger partial charge in [-0.05, 0) is 65.0 Å². The first-order chi connectivity index (χ1) is 8.84. The van der Waals surface area contributed by atoms with Crippen LogP contribution < -0.4 is 0 Å². The SMILES string of the molecule is C#CCN1CCC2(CC1)CC(C(=O)OC(C)(C)C)C2. The number of nitrogens with zero attached hydrogens (tertiary/aromatic N) is 1. The molecule has 1 spiro atoms. The molecule has 0 bridgehead atoms. The van der Waals surface area contributed by atoms with E-state index >= 15 is 0 Å². The Balaban J connectivity index is 1.77. The van der Waals surface area contributed by atoms with Crippen LogP contribution in [0.4, 0.5) is 0 Å². The van der Waals surface area contributed by atoms with Crippen molar-refractivity contribution in [2.24, 2.45) is 11.3 Å². The minimum atomic E-state index is -0.365. The fourth-order valence-corrected chi connectivity index (χ4v) is 3.26. The van der Waals surface area contributed by atoms with Crippen LogP contribution >= 0.6 is 0 Å². The largest absolute Gasteiger partial charge is 0.460 e. The van der Waals surface area contributed by atoms with Crippen LogP contribution in [0.1, 0.15) is 46.5 Å². The second kappa shape index (κ2) is 5.17. The Labute approximate surface area is 116 Å². The third-order valence-corrected chi connectivity index (χ3v) is 4.33. The molecule has 19 heavy (non-hydrogen) atoms. The standard InChI is InChI=1S/C16H25NO2/c1-5-8-17-9-6-16(7-10-17)11-13(12-16)14(18)19-15(2,3)4/h1,13H,6-12H2,2-4H3. The van der Waals surface area contributed by atoms with Gasteiger partial charge >= 0.3 is 5.97 Å². The van der Waals surface area contributed by atoms with Crippen molar-refractivity contribution in [2.75, 3.05) is 19.6 Å². The van der Waals surface area contributed by atoms with Crippen LogP contribution in [-0.4, -0.2) is 36.1 Å². The predicted octanol–water partition coefficient (Wildman–Crippen LogP) is 2.45. The van der Waals surface area contributed by atoms with Gasteiger partial charge in [0.1, 0.15) is 5.60 Å². The van der Waals surface area contributed by atoms with Gasteiger partial charge in [-0.1, -0.05) is 5.92 Å². The van der Waals surface area contributed by atoms with Crippen LogP contribution in [0.25, 0.3) is 0 Å². The van der Waals surface area contributed by atoms with Crippen molar-refractivity contribution in [3.63, 3.8) is 0 Å². The number of carbonyl (C=O) groups excluding carboxylic acids is 1. The van der Waals surface area contributed by atoms with E-state index in [0.29, 0.717) is 5.41 Å². The van der Waals surface area contributed by atoms with Gasteiger partial charge in [-0.3, -0.25) is 9.69 Å². The summed E-state index contributed by atoms with van der Waals surface area (Å²) in [4.78, 5) is 14.3. The summed E-state index contributed by atoms with van der Waals surface area (Å²) in [6.45, 7) is 8.69. The summed E-state index contributed by atoms with van der Waals surface area (Å²) in [5.41, 5.74) is 0.0304. The molecule has 0 radical (unpaired) electrons. The van der Waals surface area contributed by atoms with Crippen LogP contribution in [0, 0.1) is 23.7 Å². The highest BCUT2D eigenvalue weighted by molar-refractivity contribution is 5.74. The topological polar surface area (TPSA) is 29.5 Å². The summed E-state index contributed by atoms with van der Waals surface area (Å²) in [5, 5.41) is 0. The van der Waals surface area contributed by atoms with E-state index < -0.39 is 0 Å². The summed E-state index contributed by atoms with van der Waals surface area (Å²) in [7, 11) is 0. The predicted molar refractivity (Wildman–Crippen MR) is 75.5 cm³/mol. The molecule has 3 heteroatoms. The highest BCUT2D eigenvalue weighted by Crippen LogP contribution is 2.53. The molecule has 0 aromatic heterocycles. The molecule has 0 unspecified atom stereocenters. The molecule has 0 amide bonds. The van der Waals surface area contributed by atoms with Crippen molar-refractivity contribution in [3.8, 4) is 12.3 Å². The normalized spacial score (nSPS) is 23.7. The first-order valence-corrected chi connectivity index (χ1v) is 7.22. The van der Waals surface area contributed by atoms with Crippen molar-refractivity contribution < 1.29 is 9.53 Å². The Hall–Kier alpha value is -1.01. The number of terminal acetylenes is 1. The van der Waals surface area contributed by atoms with Gasteiger partial charge in [0.2, 0.25) is 0 Å². The van der Waals surface area contributed by atoms with E-state index in [9.17, 15) is 4.79 Å². The zero-order valence-corrected chi connectivity index (χ0v) is 12.4. The number of esters is 1. The molecule has 106 valence electrons. The lowest BCUT2D eigenvalue weighted by molar-refractivity contribution is -0.170. The molecule has 2 fully saturated rings. The van der Waals surface area contributed by atoms with E-state index in [1.807, 2.05) is 20.8 Å². The van der Waals surface area contributed by atoms with E-state index in [1.165, 1.54) is 12.8 Å². The Morgan fingerprint density at radius 1 is 1.37 bits per heavy atom. The molecule has 1 saturated carbocycles. The third kappa shape index (κ3) is 3.51. The zero-order chi connectivity index (χ0) is 14.1. The van der Waals surface area contributed by atoms with Crippen LogP contribution in [0.3, 0.4) is 0 Å². The van der Waals surface area contributed by atoms with Crippen molar-refractivity contribution in [2.45, 2.75) is 52.1 Å². The molecule has 1 saturated heterocycles. The van der Waals surface area contributed by atoms with Crippen LogP contribution in [-0.2, 0) is 9.53 Å². The number of hydrogen-bond acceptors (Lipinski definition) is 3. The molecule has 0 N–H and O–H groups in total. The molecule has 2 rings (SSSR count). The Kier molecular flexibility index (Phi) is 3.92. The fraction of sp³-hybridized carbons (Fsp3) is 0.812. The van der Waals surface area contributed by atoms with Gasteiger partial charge in [-0.25, -0.2) is 0 Å². The number of rotatable bonds is 2. The molecule has 1 aliphatic carbocycles. The quantitative estimate of drug-likeness (QED) is 0.566. The van der Waals surface area contributed by atoms with Gasteiger partial charge in [0.25, 0.3) is 0 Å². The highest BCUT2D eigenvalue weighted by atomic mass is 16.6. The number of ether oxygens (including phenoxy) is 1. The van der Waals surface area contributed by atoms with Gasteiger partial charge < -0.3 is 4.74 Å². The second-order valence-corrected chi connectivity index (χ2v) is 7.12. The smallest absolute Gasteiger partial charge is 0.309 e. The molecule has 3 nitrogen and oxygen atoms in total. The maximum Gasteiger partial charge on any atom is 0.309 e. The molecular formula is C16H25NO2. The molecule has 0 atom stereocenters. The summed E-state index contributed by atoms with van der Waals surface area (Å²) < 4.78 is 5.46. The van der Waals surface area contributed by atoms with Crippen molar-refractivity contribution in [1.82, 2.24) is 4.90 Å². The average Bonchev–Trinajstić information content (AvgIpc) is 2.25. The number of piperidine rings is 1. The highest BCUT2D eigenvalue weighted by Gasteiger charge is 2.49. The van der Waals surface area contributed by atoms with Gasteiger partial charge in [0.15, 0.2) is 0 Å². The summed E-state index contributed by atoms with van der Waals surface area (Å²) in [6, 6.07) is 0. The lowest BCUT2D eigenvalue weighted by Crippen LogP contribution is -2.49.